The highest BCUT2D eigenvalue weighted by Crippen LogP contribution is 2.28. The number of rotatable bonds is 7. The van der Waals surface area contributed by atoms with Crippen LogP contribution in [0.1, 0.15) is 40.5 Å². The van der Waals surface area contributed by atoms with E-state index >= 15 is 0 Å². The minimum Gasteiger partial charge on any atom is -0.330 e. The van der Waals surface area contributed by atoms with Crippen LogP contribution in [-0.2, 0) is 19.6 Å². The highest BCUT2D eigenvalue weighted by Gasteiger charge is 2.35. The van der Waals surface area contributed by atoms with E-state index in [2.05, 4.69) is 5.32 Å². The summed E-state index contributed by atoms with van der Waals surface area (Å²) in [4.78, 5) is 26.6. The standard InChI is InChI=1S/C19H28ClN3O4S/c1-5-22(6-2)28(26,27)17-12-14(9-10-15(17)20)21-18(24)16-8-7-11-23(16)19(25)13(3)4/h9-10,12-13,16H,5-8,11H2,1-4H3,(H,21,24). The SMILES string of the molecule is CCN(CC)S(=O)(=O)c1cc(NC(=O)C2CCCN2C(=O)C(C)C)ccc1Cl. The number of benzene rings is 1. The van der Waals surface area contributed by atoms with Crippen LogP contribution in [0, 0.1) is 5.92 Å². The molecule has 1 aromatic rings. The number of nitrogens with one attached hydrogen (secondary N) is 1. The predicted molar refractivity (Wildman–Crippen MR) is 110 cm³/mol. The van der Waals surface area contributed by atoms with Crippen molar-refractivity contribution in [1.82, 2.24) is 9.21 Å². The highest BCUT2D eigenvalue weighted by molar-refractivity contribution is 7.89. The maximum Gasteiger partial charge on any atom is 0.247 e. The maximum absolute atomic E-state index is 12.8. The fourth-order valence-corrected chi connectivity index (χ4v) is 5.30. The Labute approximate surface area is 172 Å². The molecule has 0 aromatic heterocycles. The number of halogens is 1. The zero-order valence-electron chi connectivity index (χ0n) is 16.7. The van der Waals surface area contributed by atoms with Crippen LogP contribution >= 0.6 is 11.6 Å². The summed E-state index contributed by atoms with van der Waals surface area (Å²) >= 11 is 6.13. The van der Waals surface area contributed by atoms with Gasteiger partial charge in [-0.2, -0.15) is 4.31 Å². The lowest BCUT2D eigenvalue weighted by Crippen LogP contribution is -2.44. The number of hydrogen-bond donors (Lipinski definition) is 1. The molecule has 1 aromatic carbocycles. The van der Waals surface area contributed by atoms with Gasteiger partial charge < -0.3 is 10.2 Å². The lowest BCUT2D eigenvalue weighted by atomic mass is 10.1. The summed E-state index contributed by atoms with van der Waals surface area (Å²) in [6.07, 6.45) is 1.35. The number of hydrogen-bond acceptors (Lipinski definition) is 4. The van der Waals surface area contributed by atoms with Crippen LogP contribution in [0.3, 0.4) is 0 Å². The number of likely N-dealkylation sites (tertiary alicyclic amines) is 1. The Morgan fingerprint density at radius 1 is 1.29 bits per heavy atom. The Bertz CT molecular complexity index is 838. The molecule has 1 heterocycles. The van der Waals surface area contributed by atoms with Crippen molar-refractivity contribution in [2.75, 3.05) is 25.0 Å². The monoisotopic (exact) mass is 429 g/mol. The van der Waals surface area contributed by atoms with Crippen molar-refractivity contribution in [3.05, 3.63) is 23.2 Å². The molecule has 28 heavy (non-hydrogen) atoms. The quantitative estimate of drug-likeness (QED) is 0.721. The Hall–Kier alpha value is -1.64. The Morgan fingerprint density at radius 3 is 2.50 bits per heavy atom. The van der Waals surface area contributed by atoms with E-state index in [0.29, 0.717) is 31.7 Å². The van der Waals surface area contributed by atoms with E-state index in [4.69, 9.17) is 11.6 Å². The lowest BCUT2D eigenvalue weighted by molar-refractivity contribution is -0.139. The van der Waals surface area contributed by atoms with Gasteiger partial charge in [-0.25, -0.2) is 8.42 Å². The second kappa shape index (κ2) is 9.24. The minimum absolute atomic E-state index is 0.0443. The molecule has 0 radical (unpaired) electrons. The summed E-state index contributed by atoms with van der Waals surface area (Å²) in [7, 11) is -3.76. The van der Waals surface area contributed by atoms with Gasteiger partial charge in [-0.3, -0.25) is 9.59 Å². The van der Waals surface area contributed by atoms with Gasteiger partial charge in [0.25, 0.3) is 0 Å². The molecule has 1 unspecified atom stereocenters. The van der Waals surface area contributed by atoms with Gasteiger partial charge in [0.2, 0.25) is 21.8 Å². The van der Waals surface area contributed by atoms with E-state index in [-0.39, 0.29) is 27.7 Å². The van der Waals surface area contributed by atoms with Crippen LogP contribution in [0.5, 0.6) is 0 Å². The molecule has 0 aliphatic carbocycles. The minimum atomic E-state index is -3.76. The summed E-state index contributed by atoms with van der Waals surface area (Å²) in [6.45, 7) is 8.30. The molecule has 2 rings (SSSR count). The smallest absolute Gasteiger partial charge is 0.247 e. The first-order chi connectivity index (χ1) is 13.1. The molecule has 1 aliphatic rings. The number of nitrogens with zero attached hydrogens (tertiary/aromatic N) is 2. The summed E-state index contributed by atoms with van der Waals surface area (Å²) < 4.78 is 26.9. The zero-order chi connectivity index (χ0) is 21.1. The van der Waals surface area contributed by atoms with E-state index in [1.807, 2.05) is 0 Å². The third kappa shape index (κ3) is 4.67. The highest BCUT2D eigenvalue weighted by atomic mass is 35.5. The van der Waals surface area contributed by atoms with Crippen LogP contribution in [-0.4, -0.2) is 55.1 Å². The molecule has 1 atom stereocenters. The molecule has 9 heteroatoms. The zero-order valence-corrected chi connectivity index (χ0v) is 18.3. The summed E-state index contributed by atoms with van der Waals surface area (Å²) in [5.41, 5.74) is 0.337. The maximum atomic E-state index is 12.8. The van der Waals surface area contributed by atoms with Gasteiger partial charge in [0, 0.05) is 31.2 Å². The Morgan fingerprint density at radius 2 is 1.93 bits per heavy atom. The van der Waals surface area contributed by atoms with Crippen LogP contribution < -0.4 is 5.32 Å². The van der Waals surface area contributed by atoms with Gasteiger partial charge in [-0.1, -0.05) is 39.3 Å². The van der Waals surface area contributed by atoms with Gasteiger partial charge in [-0.15, -0.1) is 0 Å². The van der Waals surface area contributed by atoms with Crippen molar-refractivity contribution in [3.63, 3.8) is 0 Å². The van der Waals surface area contributed by atoms with Crippen molar-refractivity contribution < 1.29 is 18.0 Å². The van der Waals surface area contributed by atoms with Crippen LogP contribution in [0.2, 0.25) is 5.02 Å². The Balaban J connectivity index is 2.26. The molecule has 1 aliphatic heterocycles. The molecule has 0 bridgehead atoms. The first-order valence-electron chi connectivity index (χ1n) is 9.54. The van der Waals surface area contributed by atoms with Gasteiger partial charge in [0.15, 0.2) is 0 Å². The second-order valence-corrected chi connectivity index (χ2v) is 9.38. The number of anilines is 1. The molecule has 0 saturated carbocycles. The van der Waals surface area contributed by atoms with E-state index < -0.39 is 16.1 Å². The summed E-state index contributed by atoms with van der Waals surface area (Å²) in [5, 5.41) is 2.85. The van der Waals surface area contributed by atoms with Crippen LogP contribution in [0.25, 0.3) is 0 Å². The molecule has 0 spiro atoms. The molecule has 2 amide bonds. The molecule has 1 N–H and O–H groups in total. The number of sulfonamides is 1. The van der Waals surface area contributed by atoms with Crippen molar-refractivity contribution in [1.29, 1.82) is 0 Å². The fourth-order valence-electron chi connectivity index (χ4n) is 3.34. The number of carbonyl (C=O) groups excluding carboxylic acids is 2. The van der Waals surface area contributed by atoms with Crippen molar-refractivity contribution in [2.45, 2.75) is 51.5 Å². The molecular formula is C19H28ClN3O4S. The average Bonchev–Trinajstić information content (AvgIpc) is 3.13. The van der Waals surface area contributed by atoms with Crippen molar-refractivity contribution >= 4 is 39.1 Å². The van der Waals surface area contributed by atoms with Crippen LogP contribution in [0.4, 0.5) is 5.69 Å². The van der Waals surface area contributed by atoms with Gasteiger partial charge in [0.1, 0.15) is 10.9 Å². The molecular weight excluding hydrogens is 402 g/mol. The van der Waals surface area contributed by atoms with E-state index in [1.54, 1.807) is 38.7 Å². The second-order valence-electron chi connectivity index (χ2n) is 7.07. The van der Waals surface area contributed by atoms with E-state index in [1.165, 1.54) is 16.4 Å². The lowest BCUT2D eigenvalue weighted by Gasteiger charge is -2.26. The largest absolute Gasteiger partial charge is 0.330 e. The van der Waals surface area contributed by atoms with Crippen LogP contribution in [0.15, 0.2) is 23.1 Å². The van der Waals surface area contributed by atoms with E-state index in [0.717, 1.165) is 6.42 Å². The first kappa shape index (κ1) is 22.6. The molecule has 1 saturated heterocycles. The third-order valence-electron chi connectivity index (χ3n) is 4.85. The number of amides is 2. The summed E-state index contributed by atoms with van der Waals surface area (Å²) in [6, 6.07) is 3.84. The Kier molecular flexibility index (Phi) is 7.47. The molecule has 7 nitrogen and oxygen atoms in total. The molecule has 156 valence electrons. The first-order valence-corrected chi connectivity index (χ1v) is 11.4. The third-order valence-corrected chi connectivity index (χ3v) is 7.39. The summed E-state index contributed by atoms with van der Waals surface area (Å²) in [5.74, 6) is -0.562. The number of carbonyl (C=O) groups is 2. The van der Waals surface area contributed by atoms with Crippen molar-refractivity contribution in [2.24, 2.45) is 5.92 Å². The van der Waals surface area contributed by atoms with Gasteiger partial charge >= 0.3 is 0 Å². The molecule has 1 fully saturated rings. The topological polar surface area (TPSA) is 86.8 Å². The normalized spacial score (nSPS) is 17.4. The van der Waals surface area contributed by atoms with E-state index in [9.17, 15) is 18.0 Å². The average molecular weight is 430 g/mol. The fraction of sp³-hybridized carbons (Fsp3) is 0.579. The van der Waals surface area contributed by atoms with Gasteiger partial charge in [0.05, 0.1) is 5.02 Å². The van der Waals surface area contributed by atoms with Crippen molar-refractivity contribution in [3.8, 4) is 0 Å². The predicted octanol–water partition coefficient (Wildman–Crippen LogP) is 2.96. The van der Waals surface area contributed by atoms with Gasteiger partial charge in [-0.05, 0) is 31.0 Å².